The number of rotatable bonds is 5. The standard InChI is InChI=1S/C24H20N6O3/c25-12-10-20(31)29-13-11-18-19(14-29)30-24(27-18)21(23(26)32)22(28-30)15-6-8-17(9-7-15)33-16-4-2-1-3-5-16/h1-9,28H,10-11,13-14H2,(H2,26,32). The lowest BCUT2D eigenvalue weighted by Gasteiger charge is -2.25. The van der Waals surface area contributed by atoms with E-state index in [1.54, 1.807) is 9.42 Å². The van der Waals surface area contributed by atoms with E-state index in [4.69, 9.17) is 15.7 Å². The third-order valence-corrected chi connectivity index (χ3v) is 5.66. The molecule has 0 radical (unpaired) electrons. The summed E-state index contributed by atoms with van der Waals surface area (Å²) in [6.07, 6.45) is 0.373. The molecule has 0 atom stereocenters. The van der Waals surface area contributed by atoms with E-state index in [-0.39, 0.29) is 17.9 Å². The first-order valence-corrected chi connectivity index (χ1v) is 10.4. The van der Waals surface area contributed by atoms with Crippen molar-refractivity contribution in [3.63, 3.8) is 0 Å². The molecule has 2 aromatic carbocycles. The number of carbonyl (C=O) groups excluding carboxylic acids is 2. The predicted molar refractivity (Wildman–Crippen MR) is 119 cm³/mol. The van der Waals surface area contributed by atoms with Gasteiger partial charge in [0.25, 0.3) is 5.91 Å². The van der Waals surface area contributed by atoms with Gasteiger partial charge in [-0.15, -0.1) is 0 Å². The molecule has 9 nitrogen and oxygen atoms in total. The molecule has 3 N–H and O–H groups in total. The van der Waals surface area contributed by atoms with Crippen LogP contribution in [0.1, 0.15) is 28.2 Å². The molecule has 0 fully saturated rings. The number of carbonyl (C=O) groups is 2. The Balaban J connectivity index is 1.50. The molecule has 9 heteroatoms. The summed E-state index contributed by atoms with van der Waals surface area (Å²) in [6, 6.07) is 18.6. The van der Waals surface area contributed by atoms with Crippen LogP contribution in [0.2, 0.25) is 0 Å². The quantitative estimate of drug-likeness (QED) is 0.493. The second-order valence-electron chi connectivity index (χ2n) is 7.73. The van der Waals surface area contributed by atoms with Crippen LogP contribution in [-0.4, -0.2) is 37.9 Å². The van der Waals surface area contributed by atoms with Gasteiger partial charge in [0.2, 0.25) is 5.91 Å². The highest BCUT2D eigenvalue weighted by atomic mass is 16.5. The largest absolute Gasteiger partial charge is 0.457 e. The van der Waals surface area contributed by atoms with Crippen molar-refractivity contribution < 1.29 is 14.3 Å². The van der Waals surface area contributed by atoms with Gasteiger partial charge >= 0.3 is 0 Å². The lowest BCUT2D eigenvalue weighted by atomic mass is 10.1. The van der Waals surface area contributed by atoms with Crippen molar-refractivity contribution in [1.29, 1.82) is 5.26 Å². The van der Waals surface area contributed by atoms with Crippen LogP contribution in [-0.2, 0) is 17.8 Å². The van der Waals surface area contributed by atoms with Crippen molar-refractivity contribution in [2.75, 3.05) is 6.54 Å². The number of H-pyrrole nitrogens is 1. The number of aromatic nitrogens is 3. The van der Waals surface area contributed by atoms with Crippen molar-refractivity contribution in [1.82, 2.24) is 19.5 Å². The molecule has 1 aliphatic heterocycles. The highest BCUT2D eigenvalue weighted by molar-refractivity contribution is 6.04. The first-order chi connectivity index (χ1) is 16.0. The minimum Gasteiger partial charge on any atom is -0.457 e. The summed E-state index contributed by atoms with van der Waals surface area (Å²) in [4.78, 5) is 30.8. The molecule has 164 valence electrons. The summed E-state index contributed by atoms with van der Waals surface area (Å²) in [5.41, 5.74) is 9.32. The number of nitriles is 1. The first kappa shape index (κ1) is 20.3. The fourth-order valence-electron chi connectivity index (χ4n) is 4.08. The van der Waals surface area contributed by atoms with Crippen molar-refractivity contribution >= 4 is 17.5 Å². The van der Waals surface area contributed by atoms with E-state index in [0.717, 1.165) is 22.7 Å². The number of para-hydroxylation sites is 1. The molecule has 2 aromatic heterocycles. The molecule has 33 heavy (non-hydrogen) atoms. The van der Waals surface area contributed by atoms with Crippen LogP contribution >= 0.6 is 0 Å². The van der Waals surface area contributed by atoms with Crippen molar-refractivity contribution in [2.24, 2.45) is 5.73 Å². The smallest absolute Gasteiger partial charge is 0.254 e. The Bertz CT molecular complexity index is 1400. The molecule has 0 spiro atoms. The van der Waals surface area contributed by atoms with Gasteiger partial charge in [0.05, 0.1) is 29.7 Å². The van der Waals surface area contributed by atoms with Gasteiger partial charge < -0.3 is 15.4 Å². The SMILES string of the molecule is N#CCC(=O)N1CCc2nc3c(C(N)=O)c(-c4ccc(Oc5ccccc5)cc4)[nH]n3c2C1. The number of amides is 2. The zero-order valence-corrected chi connectivity index (χ0v) is 17.6. The molecule has 0 bridgehead atoms. The number of nitrogens with zero attached hydrogens (tertiary/aromatic N) is 4. The lowest BCUT2D eigenvalue weighted by molar-refractivity contribution is -0.131. The van der Waals surface area contributed by atoms with Crippen molar-refractivity contribution in [2.45, 2.75) is 19.4 Å². The van der Waals surface area contributed by atoms with E-state index < -0.39 is 5.91 Å². The normalized spacial score (nSPS) is 12.9. The molecular weight excluding hydrogens is 420 g/mol. The van der Waals surface area contributed by atoms with Gasteiger partial charge in [-0.3, -0.25) is 14.7 Å². The van der Waals surface area contributed by atoms with Crippen LogP contribution in [0.15, 0.2) is 54.6 Å². The van der Waals surface area contributed by atoms with Gasteiger partial charge in [0, 0.05) is 18.5 Å². The number of fused-ring (bicyclic) bond motifs is 3. The Labute approximate surface area is 189 Å². The molecule has 0 saturated carbocycles. The maximum Gasteiger partial charge on any atom is 0.254 e. The van der Waals surface area contributed by atoms with E-state index >= 15 is 0 Å². The Morgan fingerprint density at radius 1 is 1.12 bits per heavy atom. The summed E-state index contributed by atoms with van der Waals surface area (Å²) >= 11 is 0. The molecule has 3 heterocycles. The third-order valence-electron chi connectivity index (χ3n) is 5.66. The Morgan fingerprint density at radius 3 is 2.55 bits per heavy atom. The van der Waals surface area contributed by atoms with Gasteiger partial charge in [-0.1, -0.05) is 18.2 Å². The summed E-state index contributed by atoms with van der Waals surface area (Å²) in [6.45, 7) is 0.786. The molecule has 5 rings (SSSR count). The summed E-state index contributed by atoms with van der Waals surface area (Å²) in [7, 11) is 0. The molecule has 0 saturated heterocycles. The first-order valence-electron chi connectivity index (χ1n) is 10.4. The summed E-state index contributed by atoms with van der Waals surface area (Å²) in [5.74, 6) is 0.559. The maximum atomic E-state index is 12.4. The summed E-state index contributed by atoms with van der Waals surface area (Å²) < 4.78 is 7.55. The average Bonchev–Trinajstić information content (AvgIpc) is 3.36. The third kappa shape index (κ3) is 3.68. The van der Waals surface area contributed by atoms with E-state index in [9.17, 15) is 9.59 Å². The van der Waals surface area contributed by atoms with Crippen LogP contribution in [0.3, 0.4) is 0 Å². The number of hydrogen-bond acceptors (Lipinski definition) is 5. The molecule has 0 aliphatic carbocycles. The Morgan fingerprint density at radius 2 is 1.85 bits per heavy atom. The van der Waals surface area contributed by atoms with Gasteiger partial charge in [-0.2, -0.15) is 5.26 Å². The highest BCUT2D eigenvalue weighted by Crippen LogP contribution is 2.31. The van der Waals surface area contributed by atoms with Crippen LogP contribution in [0.4, 0.5) is 0 Å². The second-order valence-corrected chi connectivity index (χ2v) is 7.73. The minimum atomic E-state index is -0.597. The van der Waals surface area contributed by atoms with Gasteiger partial charge in [0.15, 0.2) is 5.65 Å². The van der Waals surface area contributed by atoms with Gasteiger partial charge in [-0.25, -0.2) is 9.50 Å². The zero-order valence-electron chi connectivity index (χ0n) is 17.6. The lowest BCUT2D eigenvalue weighted by Crippen LogP contribution is -2.36. The maximum absolute atomic E-state index is 12.4. The molecule has 0 unspecified atom stereocenters. The molecular formula is C24H20N6O3. The zero-order chi connectivity index (χ0) is 22.9. The molecule has 2 amide bonds. The minimum absolute atomic E-state index is 0.169. The Kier molecular flexibility index (Phi) is 5.03. The van der Waals surface area contributed by atoms with E-state index in [2.05, 4.69) is 10.1 Å². The summed E-state index contributed by atoms with van der Waals surface area (Å²) in [5, 5.41) is 12.1. The fourth-order valence-corrected chi connectivity index (χ4v) is 4.08. The number of hydrogen-bond donors (Lipinski definition) is 2. The number of nitrogens with two attached hydrogens (primary N) is 1. The van der Waals surface area contributed by atoms with Crippen LogP contribution in [0.5, 0.6) is 11.5 Å². The van der Waals surface area contributed by atoms with Crippen LogP contribution < -0.4 is 10.5 Å². The van der Waals surface area contributed by atoms with E-state index in [0.29, 0.717) is 36.6 Å². The van der Waals surface area contributed by atoms with Crippen LogP contribution in [0.25, 0.3) is 16.9 Å². The highest BCUT2D eigenvalue weighted by Gasteiger charge is 2.29. The average molecular weight is 440 g/mol. The number of aromatic amines is 1. The van der Waals surface area contributed by atoms with Crippen molar-refractivity contribution in [3.8, 4) is 28.8 Å². The predicted octanol–water partition coefficient (Wildman–Crippen LogP) is 3.02. The second kappa shape index (κ2) is 8.16. The molecule has 1 aliphatic rings. The van der Waals surface area contributed by atoms with Crippen LogP contribution in [0, 0.1) is 11.3 Å². The monoisotopic (exact) mass is 440 g/mol. The number of benzene rings is 2. The number of imidazole rings is 1. The topological polar surface area (TPSA) is 130 Å². The van der Waals surface area contributed by atoms with E-state index in [1.807, 2.05) is 60.7 Å². The van der Waals surface area contributed by atoms with E-state index in [1.165, 1.54) is 0 Å². The number of primary amides is 1. The number of nitrogens with one attached hydrogen (secondary N) is 1. The fraction of sp³-hybridized carbons (Fsp3) is 0.167. The molecule has 4 aromatic rings. The number of ether oxygens (including phenoxy) is 1. The van der Waals surface area contributed by atoms with Crippen molar-refractivity contribution in [3.05, 3.63) is 71.5 Å². The van der Waals surface area contributed by atoms with Gasteiger partial charge in [0.1, 0.15) is 23.5 Å². The Hall–Kier alpha value is -4.58. The van der Waals surface area contributed by atoms with Gasteiger partial charge in [-0.05, 0) is 36.4 Å².